The molecule has 2 aliphatic rings. The molecule has 0 aliphatic carbocycles. The van der Waals surface area contributed by atoms with E-state index in [1.807, 2.05) is 18.2 Å². The van der Waals surface area contributed by atoms with Gasteiger partial charge in [0, 0.05) is 6.20 Å². The summed E-state index contributed by atoms with van der Waals surface area (Å²) >= 11 is 0. The summed E-state index contributed by atoms with van der Waals surface area (Å²) in [6.07, 6.45) is 1.71. The highest BCUT2D eigenvalue weighted by molar-refractivity contribution is 5.85. The lowest BCUT2D eigenvalue weighted by molar-refractivity contribution is 1.25. The SMILES string of the molecule is Cl.N#Cc1ccc2nccc-2[nH]1. The van der Waals surface area contributed by atoms with Crippen molar-refractivity contribution < 1.29 is 0 Å². The molecular weight excluding hydrogens is 174 g/mol. The molecule has 2 aliphatic heterocycles. The van der Waals surface area contributed by atoms with Gasteiger partial charge in [-0.2, -0.15) is 5.26 Å². The zero-order valence-electron chi connectivity index (χ0n) is 6.11. The van der Waals surface area contributed by atoms with Crippen molar-refractivity contribution in [1.82, 2.24) is 9.97 Å². The maximum atomic E-state index is 8.53. The van der Waals surface area contributed by atoms with E-state index in [0.29, 0.717) is 5.69 Å². The summed E-state index contributed by atoms with van der Waals surface area (Å²) in [5.74, 6) is 0. The topological polar surface area (TPSA) is 52.5 Å². The predicted molar refractivity (Wildman–Crippen MR) is 47.2 cm³/mol. The number of fused-ring (bicyclic) bond motifs is 1. The zero-order valence-corrected chi connectivity index (χ0v) is 6.93. The van der Waals surface area contributed by atoms with Crippen molar-refractivity contribution in [1.29, 1.82) is 5.26 Å². The van der Waals surface area contributed by atoms with Crippen LogP contribution in [0.4, 0.5) is 0 Å². The fourth-order valence-corrected chi connectivity index (χ4v) is 1.000. The van der Waals surface area contributed by atoms with Crippen LogP contribution in [0.15, 0.2) is 24.4 Å². The Balaban J connectivity index is 0.000000720. The number of hydrogen-bond acceptors (Lipinski definition) is 2. The number of H-pyrrole nitrogens is 1. The second kappa shape index (κ2) is 3.24. The van der Waals surface area contributed by atoms with E-state index in [4.69, 9.17) is 5.26 Å². The first-order valence-electron chi connectivity index (χ1n) is 3.24. The van der Waals surface area contributed by atoms with Gasteiger partial charge in [0.25, 0.3) is 0 Å². The first-order valence-corrected chi connectivity index (χ1v) is 3.24. The van der Waals surface area contributed by atoms with Gasteiger partial charge in [0.15, 0.2) is 0 Å². The Hall–Kier alpha value is -1.53. The third-order valence-corrected chi connectivity index (χ3v) is 1.53. The van der Waals surface area contributed by atoms with Crippen LogP contribution in [0.2, 0.25) is 0 Å². The minimum Gasteiger partial charge on any atom is -0.345 e. The van der Waals surface area contributed by atoms with Crippen LogP contribution in [0, 0.1) is 11.3 Å². The Morgan fingerprint density at radius 3 is 2.92 bits per heavy atom. The van der Waals surface area contributed by atoms with Crippen molar-refractivity contribution in [3.05, 3.63) is 30.1 Å². The Morgan fingerprint density at radius 1 is 1.33 bits per heavy atom. The van der Waals surface area contributed by atoms with Crippen LogP contribution in [0.5, 0.6) is 0 Å². The molecule has 0 saturated carbocycles. The first-order chi connectivity index (χ1) is 5.40. The number of halogens is 1. The van der Waals surface area contributed by atoms with Gasteiger partial charge in [0.05, 0.1) is 11.4 Å². The third kappa shape index (κ3) is 1.25. The molecule has 2 heterocycles. The van der Waals surface area contributed by atoms with Crippen molar-refractivity contribution in [2.75, 3.05) is 0 Å². The molecule has 0 atom stereocenters. The van der Waals surface area contributed by atoms with Crippen LogP contribution in [0.3, 0.4) is 0 Å². The number of nitrogens with one attached hydrogen (secondary N) is 1. The van der Waals surface area contributed by atoms with E-state index in [1.165, 1.54) is 0 Å². The van der Waals surface area contributed by atoms with E-state index in [0.717, 1.165) is 11.4 Å². The summed E-state index contributed by atoms with van der Waals surface area (Å²) in [5.41, 5.74) is 2.36. The molecule has 0 amide bonds. The molecule has 60 valence electrons. The van der Waals surface area contributed by atoms with Gasteiger partial charge in [0.1, 0.15) is 11.8 Å². The Bertz CT molecular complexity index is 388. The lowest BCUT2D eigenvalue weighted by Gasteiger charge is -1.96. The van der Waals surface area contributed by atoms with E-state index < -0.39 is 0 Å². The average molecular weight is 180 g/mol. The molecule has 0 fully saturated rings. The number of hydrogen-bond donors (Lipinski definition) is 1. The van der Waals surface area contributed by atoms with Crippen LogP contribution in [-0.2, 0) is 0 Å². The largest absolute Gasteiger partial charge is 0.345 e. The molecule has 0 bridgehead atoms. The highest BCUT2D eigenvalue weighted by Gasteiger charge is 2.02. The van der Waals surface area contributed by atoms with Crippen molar-refractivity contribution in [3.8, 4) is 17.5 Å². The predicted octanol–water partition coefficient (Wildman–Crippen LogP) is 1.81. The summed E-state index contributed by atoms with van der Waals surface area (Å²) in [6.45, 7) is 0. The van der Waals surface area contributed by atoms with Crippen molar-refractivity contribution >= 4 is 12.4 Å². The van der Waals surface area contributed by atoms with E-state index in [2.05, 4.69) is 9.97 Å². The molecular formula is C8H6ClN3. The highest BCUT2D eigenvalue weighted by atomic mass is 35.5. The van der Waals surface area contributed by atoms with Crippen molar-refractivity contribution in [2.24, 2.45) is 0 Å². The molecule has 0 saturated heterocycles. The van der Waals surface area contributed by atoms with E-state index in [-0.39, 0.29) is 12.4 Å². The van der Waals surface area contributed by atoms with Gasteiger partial charge in [0.2, 0.25) is 0 Å². The van der Waals surface area contributed by atoms with Gasteiger partial charge < -0.3 is 4.98 Å². The summed E-state index contributed by atoms with van der Waals surface area (Å²) < 4.78 is 0. The van der Waals surface area contributed by atoms with Crippen molar-refractivity contribution in [2.45, 2.75) is 0 Å². The molecule has 2 rings (SSSR count). The summed E-state index contributed by atoms with van der Waals surface area (Å²) in [4.78, 5) is 6.99. The molecule has 0 aromatic carbocycles. The smallest absolute Gasteiger partial charge is 0.118 e. The molecule has 3 nitrogen and oxygen atoms in total. The zero-order chi connectivity index (χ0) is 7.68. The van der Waals surface area contributed by atoms with Crippen molar-refractivity contribution in [3.63, 3.8) is 0 Å². The van der Waals surface area contributed by atoms with Crippen LogP contribution in [-0.4, -0.2) is 9.97 Å². The second-order valence-corrected chi connectivity index (χ2v) is 2.23. The molecule has 4 heteroatoms. The first kappa shape index (κ1) is 8.57. The Kier molecular flexibility index (Phi) is 2.32. The fourth-order valence-electron chi connectivity index (χ4n) is 1.000. The number of rotatable bonds is 0. The van der Waals surface area contributed by atoms with Crippen LogP contribution in [0.1, 0.15) is 5.69 Å². The minimum absolute atomic E-state index is 0. The Labute approximate surface area is 75.8 Å². The molecule has 0 radical (unpaired) electrons. The molecule has 1 N–H and O–H groups in total. The maximum Gasteiger partial charge on any atom is 0.118 e. The molecule has 0 aromatic heterocycles. The van der Waals surface area contributed by atoms with Gasteiger partial charge in [-0.15, -0.1) is 12.4 Å². The van der Waals surface area contributed by atoms with Gasteiger partial charge in [-0.25, -0.2) is 0 Å². The number of nitrogens with zero attached hydrogens (tertiary/aromatic N) is 2. The van der Waals surface area contributed by atoms with Gasteiger partial charge >= 0.3 is 0 Å². The number of aromatic amines is 1. The quantitative estimate of drug-likeness (QED) is 0.671. The normalized spacial score (nSPS) is 8.92. The van der Waals surface area contributed by atoms with Crippen LogP contribution < -0.4 is 0 Å². The van der Waals surface area contributed by atoms with E-state index in [9.17, 15) is 0 Å². The lowest BCUT2D eigenvalue weighted by Crippen LogP contribution is -1.85. The third-order valence-electron chi connectivity index (χ3n) is 1.53. The number of aromatic nitrogens is 2. The highest BCUT2D eigenvalue weighted by Crippen LogP contribution is 2.16. The monoisotopic (exact) mass is 179 g/mol. The maximum absolute atomic E-state index is 8.53. The number of nitriles is 1. The fraction of sp³-hybridized carbons (Fsp3) is 0. The summed E-state index contributed by atoms with van der Waals surface area (Å²) in [7, 11) is 0. The van der Waals surface area contributed by atoms with Crippen LogP contribution in [0.25, 0.3) is 11.4 Å². The molecule has 0 spiro atoms. The van der Waals surface area contributed by atoms with Gasteiger partial charge in [-0.1, -0.05) is 0 Å². The summed E-state index contributed by atoms with van der Waals surface area (Å²) in [5, 5.41) is 8.53. The van der Waals surface area contributed by atoms with E-state index >= 15 is 0 Å². The van der Waals surface area contributed by atoms with E-state index in [1.54, 1.807) is 12.3 Å². The molecule has 0 unspecified atom stereocenters. The lowest BCUT2D eigenvalue weighted by atomic mass is 10.2. The van der Waals surface area contributed by atoms with Crippen LogP contribution >= 0.6 is 12.4 Å². The van der Waals surface area contributed by atoms with Gasteiger partial charge in [-0.3, -0.25) is 4.98 Å². The molecule has 0 aromatic rings. The van der Waals surface area contributed by atoms with Gasteiger partial charge in [-0.05, 0) is 18.2 Å². The minimum atomic E-state index is 0. The average Bonchev–Trinajstić information content (AvgIpc) is 2.50. The standard InChI is InChI=1S/C8H5N3.ClH/c9-5-6-1-2-7-8(11-6)3-4-10-7;/h1-4,11H;1H. The summed E-state index contributed by atoms with van der Waals surface area (Å²) in [6, 6.07) is 7.41. The molecule has 12 heavy (non-hydrogen) atoms. The Morgan fingerprint density at radius 2 is 2.17 bits per heavy atom. The number of pyridine rings is 1. The second-order valence-electron chi connectivity index (χ2n) is 2.23.